The number of rotatable bonds is 3. The molecule has 1 atom stereocenters. The third kappa shape index (κ3) is 1.71. The average Bonchev–Trinajstić information content (AvgIpc) is 2.88. The summed E-state index contributed by atoms with van der Waals surface area (Å²) in [6.45, 7) is 4.10. The summed E-state index contributed by atoms with van der Waals surface area (Å²) >= 11 is 1.83. The summed E-state index contributed by atoms with van der Waals surface area (Å²) in [6.07, 6.45) is 2.72. The van der Waals surface area contributed by atoms with Gasteiger partial charge in [0.15, 0.2) is 5.96 Å². The molecule has 0 spiro atoms. The zero-order valence-electron chi connectivity index (χ0n) is 9.52. The van der Waals surface area contributed by atoms with Crippen molar-refractivity contribution in [3.05, 3.63) is 21.9 Å². The number of guanidine groups is 1. The zero-order chi connectivity index (χ0) is 11.1. The van der Waals surface area contributed by atoms with E-state index in [1.54, 1.807) is 0 Å². The van der Waals surface area contributed by atoms with Crippen LogP contribution in [0.5, 0.6) is 0 Å². The summed E-state index contributed by atoms with van der Waals surface area (Å²) in [6, 6.07) is 2.59. The van der Waals surface area contributed by atoms with Crippen LogP contribution >= 0.6 is 11.3 Å². The largest absolute Gasteiger partial charge is 0.370 e. The number of aliphatic imine (C=N–C) groups is 1. The Hall–Kier alpha value is -1.03. The molecule has 1 fully saturated rings. The summed E-state index contributed by atoms with van der Waals surface area (Å²) in [5, 5.41) is 2.16. The van der Waals surface area contributed by atoms with Crippen molar-refractivity contribution in [3.63, 3.8) is 0 Å². The van der Waals surface area contributed by atoms with Gasteiger partial charge in [-0.1, -0.05) is 0 Å². The van der Waals surface area contributed by atoms with Gasteiger partial charge in [-0.3, -0.25) is 4.99 Å². The monoisotopic (exact) mass is 235 g/mol. The van der Waals surface area contributed by atoms with Crippen molar-refractivity contribution in [1.29, 1.82) is 0 Å². The van der Waals surface area contributed by atoms with Crippen molar-refractivity contribution >= 4 is 17.3 Å². The van der Waals surface area contributed by atoms with Gasteiger partial charge in [-0.15, -0.1) is 11.3 Å². The Labute approximate surface area is 100.0 Å². The maximum atomic E-state index is 5.98. The highest BCUT2D eigenvalue weighted by Gasteiger charge is 2.34. The lowest BCUT2D eigenvalue weighted by molar-refractivity contribution is 0.337. The van der Waals surface area contributed by atoms with Gasteiger partial charge < -0.3 is 10.6 Å². The Kier molecular flexibility index (Phi) is 2.39. The molecule has 0 aromatic carbocycles. The molecular weight excluding hydrogens is 218 g/mol. The Morgan fingerprint density at radius 2 is 2.38 bits per heavy atom. The van der Waals surface area contributed by atoms with Crippen molar-refractivity contribution in [2.45, 2.75) is 25.8 Å². The molecule has 0 saturated heterocycles. The van der Waals surface area contributed by atoms with Crippen LogP contribution in [0, 0.1) is 12.8 Å². The molecule has 2 aliphatic rings. The molecule has 86 valence electrons. The van der Waals surface area contributed by atoms with Crippen LogP contribution in [0.1, 0.15) is 29.3 Å². The van der Waals surface area contributed by atoms with E-state index in [1.165, 1.54) is 23.3 Å². The number of nitrogens with two attached hydrogens (primary N) is 1. The quantitative estimate of drug-likeness (QED) is 0.872. The fraction of sp³-hybridized carbons (Fsp3) is 0.583. The summed E-state index contributed by atoms with van der Waals surface area (Å²) in [7, 11) is 0. The van der Waals surface area contributed by atoms with Gasteiger partial charge >= 0.3 is 0 Å². The molecule has 3 rings (SSSR count). The third-order valence-corrected chi connectivity index (χ3v) is 4.57. The standard InChI is InChI=1S/C12H17N3S/c1-8-4-5-16-11(8)10-6-14-12(13)15(10)7-9-2-3-9/h4-5,9-10H,2-3,6-7H2,1H3,(H2,13,14). The number of aryl methyl sites for hydroxylation is 1. The van der Waals surface area contributed by atoms with E-state index in [1.807, 2.05) is 11.3 Å². The minimum absolute atomic E-state index is 0.403. The Bertz CT molecular complexity index is 420. The lowest BCUT2D eigenvalue weighted by atomic mass is 10.1. The van der Waals surface area contributed by atoms with Crippen LogP contribution in [-0.4, -0.2) is 23.9 Å². The second-order valence-corrected chi connectivity index (χ2v) is 5.73. The molecule has 0 bridgehead atoms. The first-order valence-corrected chi connectivity index (χ1v) is 6.74. The SMILES string of the molecule is Cc1ccsc1C1CN=C(N)N1CC1CC1. The predicted octanol–water partition coefficient (Wildman–Crippen LogP) is 2.14. The second-order valence-electron chi connectivity index (χ2n) is 4.78. The van der Waals surface area contributed by atoms with Crippen LogP contribution < -0.4 is 5.73 Å². The highest BCUT2D eigenvalue weighted by molar-refractivity contribution is 7.10. The molecule has 1 unspecified atom stereocenters. The third-order valence-electron chi connectivity index (χ3n) is 3.45. The molecule has 1 aromatic rings. The highest BCUT2D eigenvalue weighted by Crippen LogP contribution is 2.36. The molecule has 0 radical (unpaired) electrons. The van der Waals surface area contributed by atoms with Crippen molar-refractivity contribution in [2.24, 2.45) is 16.6 Å². The highest BCUT2D eigenvalue weighted by atomic mass is 32.1. The molecule has 3 nitrogen and oxygen atoms in total. The van der Waals surface area contributed by atoms with E-state index >= 15 is 0 Å². The Morgan fingerprint density at radius 1 is 1.56 bits per heavy atom. The lowest BCUT2D eigenvalue weighted by Gasteiger charge is -2.26. The fourth-order valence-corrected chi connectivity index (χ4v) is 3.31. The molecule has 16 heavy (non-hydrogen) atoms. The second kappa shape index (κ2) is 3.77. The van der Waals surface area contributed by atoms with Crippen molar-refractivity contribution < 1.29 is 0 Å². The number of hydrogen-bond acceptors (Lipinski definition) is 4. The molecule has 0 amide bonds. The van der Waals surface area contributed by atoms with Crippen molar-refractivity contribution in [3.8, 4) is 0 Å². The van der Waals surface area contributed by atoms with E-state index in [4.69, 9.17) is 5.73 Å². The molecule has 1 aromatic heterocycles. The van der Waals surface area contributed by atoms with Crippen molar-refractivity contribution in [2.75, 3.05) is 13.1 Å². The van der Waals surface area contributed by atoms with E-state index < -0.39 is 0 Å². The Balaban J connectivity index is 1.82. The molecule has 1 aliphatic heterocycles. The molecule has 1 aliphatic carbocycles. The molecular formula is C12H17N3S. The van der Waals surface area contributed by atoms with Gasteiger partial charge in [0.25, 0.3) is 0 Å². The normalized spacial score (nSPS) is 24.9. The summed E-state index contributed by atoms with van der Waals surface area (Å²) in [4.78, 5) is 8.14. The van der Waals surface area contributed by atoms with Gasteiger partial charge in [0.05, 0.1) is 12.6 Å². The van der Waals surface area contributed by atoms with E-state index in [2.05, 4.69) is 28.3 Å². The van der Waals surface area contributed by atoms with Gasteiger partial charge in [-0.2, -0.15) is 0 Å². The zero-order valence-corrected chi connectivity index (χ0v) is 10.3. The van der Waals surface area contributed by atoms with E-state index in [9.17, 15) is 0 Å². The first kappa shape index (κ1) is 10.1. The number of thiophene rings is 1. The van der Waals surface area contributed by atoms with E-state index in [-0.39, 0.29) is 0 Å². The van der Waals surface area contributed by atoms with Gasteiger partial charge in [0, 0.05) is 11.4 Å². The van der Waals surface area contributed by atoms with E-state index in [0.29, 0.717) is 6.04 Å². The van der Waals surface area contributed by atoms with E-state index in [0.717, 1.165) is 25.0 Å². The first-order valence-electron chi connectivity index (χ1n) is 5.86. The smallest absolute Gasteiger partial charge is 0.191 e. The van der Waals surface area contributed by atoms with Crippen LogP contribution in [0.2, 0.25) is 0 Å². The average molecular weight is 235 g/mol. The lowest BCUT2D eigenvalue weighted by Crippen LogP contribution is -2.37. The minimum atomic E-state index is 0.403. The van der Waals surface area contributed by atoms with Gasteiger partial charge in [0.2, 0.25) is 0 Å². The number of hydrogen-bond donors (Lipinski definition) is 1. The molecule has 2 heterocycles. The first-order chi connectivity index (χ1) is 7.75. The summed E-state index contributed by atoms with van der Waals surface area (Å²) in [5.74, 6) is 1.60. The van der Waals surface area contributed by atoms with Gasteiger partial charge in [-0.05, 0) is 42.7 Å². The van der Waals surface area contributed by atoms with Crippen LogP contribution in [0.15, 0.2) is 16.4 Å². The van der Waals surface area contributed by atoms with Gasteiger partial charge in [-0.25, -0.2) is 0 Å². The maximum absolute atomic E-state index is 5.98. The summed E-state index contributed by atoms with van der Waals surface area (Å²) in [5.41, 5.74) is 7.36. The maximum Gasteiger partial charge on any atom is 0.191 e. The molecule has 1 saturated carbocycles. The minimum Gasteiger partial charge on any atom is -0.370 e. The van der Waals surface area contributed by atoms with Crippen LogP contribution in [0.25, 0.3) is 0 Å². The molecule has 2 N–H and O–H groups in total. The summed E-state index contributed by atoms with van der Waals surface area (Å²) < 4.78 is 0. The fourth-order valence-electron chi connectivity index (χ4n) is 2.28. The molecule has 4 heteroatoms. The van der Waals surface area contributed by atoms with Gasteiger partial charge in [0.1, 0.15) is 0 Å². The topological polar surface area (TPSA) is 41.6 Å². The van der Waals surface area contributed by atoms with Crippen molar-refractivity contribution in [1.82, 2.24) is 4.90 Å². The predicted molar refractivity (Wildman–Crippen MR) is 67.7 cm³/mol. The van der Waals surface area contributed by atoms with Crippen LogP contribution in [0.3, 0.4) is 0 Å². The van der Waals surface area contributed by atoms with Crippen LogP contribution in [-0.2, 0) is 0 Å². The number of nitrogens with zero attached hydrogens (tertiary/aromatic N) is 2. The van der Waals surface area contributed by atoms with Crippen LogP contribution in [0.4, 0.5) is 0 Å². The Morgan fingerprint density at radius 3 is 3.00 bits per heavy atom.